The van der Waals surface area contributed by atoms with E-state index in [1.807, 2.05) is 30.3 Å². The Morgan fingerprint density at radius 3 is 2.91 bits per heavy atom. The maximum atomic E-state index is 8.96. The van der Waals surface area contributed by atoms with E-state index in [-0.39, 0.29) is 6.17 Å². The van der Waals surface area contributed by atoms with Gasteiger partial charge < -0.3 is 5.73 Å². The van der Waals surface area contributed by atoms with Crippen molar-refractivity contribution in [1.29, 1.82) is 5.26 Å². The highest BCUT2D eigenvalue weighted by Crippen LogP contribution is 2.18. The number of nitrogens with two attached hydrogens (primary N) is 1. The number of rotatable bonds is 4. The van der Waals surface area contributed by atoms with Gasteiger partial charge in [0.1, 0.15) is 5.69 Å². The molecule has 2 heterocycles. The number of azo groups is 1. The number of nitrogen functional groups attached to an aromatic ring is 1. The van der Waals surface area contributed by atoms with Crippen LogP contribution in [0.2, 0.25) is 0 Å². The van der Waals surface area contributed by atoms with Gasteiger partial charge in [-0.2, -0.15) is 10.4 Å². The van der Waals surface area contributed by atoms with Gasteiger partial charge in [-0.15, -0.1) is 5.11 Å². The molecule has 2 aromatic rings. The summed E-state index contributed by atoms with van der Waals surface area (Å²) in [4.78, 5) is 8.67. The highest BCUT2D eigenvalue weighted by atomic mass is 15.3. The van der Waals surface area contributed by atoms with Crippen molar-refractivity contribution in [2.24, 2.45) is 15.2 Å². The first kappa shape index (κ1) is 13.9. The summed E-state index contributed by atoms with van der Waals surface area (Å²) in [5.74, 6) is 0.566. The molecule has 0 radical (unpaired) electrons. The SMILES string of the molecule is N#Cc1cc(N)cc(CCC2N=NC(c3ccccn3)=N2)c1. The first-order chi connectivity index (χ1) is 10.7. The van der Waals surface area contributed by atoms with Crippen LogP contribution in [0.4, 0.5) is 5.69 Å². The maximum absolute atomic E-state index is 8.96. The molecule has 108 valence electrons. The summed E-state index contributed by atoms with van der Waals surface area (Å²) >= 11 is 0. The molecule has 0 amide bonds. The molecular weight excluding hydrogens is 276 g/mol. The second kappa shape index (κ2) is 6.14. The van der Waals surface area contributed by atoms with Crippen molar-refractivity contribution >= 4 is 11.5 Å². The molecule has 0 fully saturated rings. The van der Waals surface area contributed by atoms with Gasteiger partial charge in [-0.3, -0.25) is 4.98 Å². The van der Waals surface area contributed by atoms with E-state index in [1.165, 1.54) is 0 Å². The smallest absolute Gasteiger partial charge is 0.197 e. The minimum Gasteiger partial charge on any atom is -0.399 e. The van der Waals surface area contributed by atoms with Crippen molar-refractivity contribution in [3.63, 3.8) is 0 Å². The molecule has 22 heavy (non-hydrogen) atoms. The molecular formula is C16H14N6. The van der Waals surface area contributed by atoms with E-state index in [2.05, 4.69) is 26.3 Å². The first-order valence-electron chi connectivity index (χ1n) is 6.94. The Bertz CT molecular complexity index is 773. The molecule has 0 aliphatic carbocycles. The number of nitriles is 1. The number of benzene rings is 1. The van der Waals surface area contributed by atoms with Crippen molar-refractivity contribution in [2.45, 2.75) is 19.0 Å². The van der Waals surface area contributed by atoms with E-state index in [1.54, 1.807) is 12.3 Å². The average molecular weight is 290 g/mol. The highest BCUT2D eigenvalue weighted by molar-refractivity contribution is 5.98. The number of aromatic nitrogens is 1. The lowest BCUT2D eigenvalue weighted by Gasteiger charge is -2.05. The van der Waals surface area contributed by atoms with Crippen LogP contribution in [0.1, 0.15) is 23.2 Å². The molecule has 0 spiro atoms. The first-order valence-corrected chi connectivity index (χ1v) is 6.94. The fraction of sp³-hybridized carbons (Fsp3) is 0.188. The molecule has 6 nitrogen and oxygen atoms in total. The minimum atomic E-state index is -0.205. The maximum Gasteiger partial charge on any atom is 0.197 e. The van der Waals surface area contributed by atoms with Crippen molar-refractivity contribution in [3.05, 3.63) is 59.4 Å². The van der Waals surface area contributed by atoms with Crippen molar-refractivity contribution in [3.8, 4) is 6.07 Å². The van der Waals surface area contributed by atoms with Gasteiger partial charge >= 0.3 is 0 Å². The molecule has 0 saturated carbocycles. The second-order valence-corrected chi connectivity index (χ2v) is 4.98. The normalized spacial score (nSPS) is 16.3. The van der Waals surface area contributed by atoms with Crippen molar-refractivity contribution < 1.29 is 0 Å². The van der Waals surface area contributed by atoms with E-state index in [4.69, 9.17) is 11.0 Å². The predicted octanol–water partition coefficient (Wildman–Crippen LogP) is 2.71. The van der Waals surface area contributed by atoms with E-state index in [0.29, 0.717) is 23.5 Å². The van der Waals surface area contributed by atoms with Crippen LogP contribution in [0.3, 0.4) is 0 Å². The molecule has 0 saturated heterocycles. The van der Waals surface area contributed by atoms with Gasteiger partial charge in [-0.1, -0.05) is 6.07 Å². The zero-order valence-corrected chi connectivity index (χ0v) is 11.8. The number of amidine groups is 1. The Morgan fingerprint density at radius 2 is 2.14 bits per heavy atom. The van der Waals surface area contributed by atoms with Gasteiger partial charge in [0.15, 0.2) is 12.0 Å². The Morgan fingerprint density at radius 1 is 1.23 bits per heavy atom. The zero-order chi connectivity index (χ0) is 15.4. The van der Waals surface area contributed by atoms with Crippen LogP contribution in [0.25, 0.3) is 0 Å². The van der Waals surface area contributed by atoms with Crippen molar-refractivity contribution in [2.75, 3.05) is 5.73 Å². The summed E-state index contributed by atoms with van der Waals surface area (Å²) in [6.07, 6.45) is 2.96. The van der Waals surface area contributed by atoms with Crippen LogP contribution >= 0.6 is 0 Å². The van der Waals surface area contributed by atoms with Crippen LogP contribution in [0, 0.1) is 11.3 Å². The standard InChI is InChI=1S/C16H14N6/c17-10-12-7-11(8-13(18)9-12)4-5-15-20-16(22-21-15)14-3-1-2-6-19-14/h1-3,6-9,15H,4-5,18H2. The molecule has 1 unspecified atom stereocenters. The number of nitrogens with zero attached hydrogens (tertiary/aromatic N) is 5. The molecule has 1 aromatic heterocycles. The van der Waals surface area contributed by atoms with Gasteiger partial charge in [0.05, 0.1) is 11.6 Å². The molecule has 2 N–H and O–H groups in total. The predicted molar refractivity (Wildman–Crippen MR) is 83.3 cm³/mol. The summed E-state index contributed by atoms with van der Waals surface area (Å²) in [5.41, 5.74) is 8.69. The van der Waals surface area contributed by atoms with Gasteiger partial charge in [-0.05, 0) is 48.7 Å². The minimum absolute atomic E-state index is 0.205. The number of hydrogen-bond acceptors (Lipinski definition) is 6. The molecule has 6 heteroatoms. The number of aliphatic imine (C=N–C) groups is 1. The van der Waals surface area contributed by atoms with Crippen LogP contribution < -0.4 is 5.73 Å². The number of anilines is 1. The lowest BCUT2D eigenvalue weighted by Crippen LogP contribution is -2.03. The molecule has 1 aliphatic heterocycles. The van der Waals surface area contributed by atoms with Gasteiger partial charge in [-0.25, -0.2) is 4.99 Å². The van der Waals surface area contributed by atoms with Gasteiger partial charge in [0, 0.05) is 11.9 Å². The van der Waals surface area contributed by atoms with Crippen LogP contribution in [-0.2, 0) is 6.42 Å². The van der Waals surface area contributed by atoms with Crippen molar-refractivity contribution in [1.82, 2.24) is 4.98 Å². The monoisotopic (exact) mass is 290 g/mol. The quantitative estimate of drug-likeness (QED) is 0.876. The largest absolute Gasteiger partial charge is 0.399 e. The topological polar surface area (TPSA) is 99.8 Å². The second-order valence-electron chi connectivity index (χ2n) is 4.98. The Kier molecular flexibility index (Phi) is 3.88. The van der Waals surface area contributed by atoms with Crippen LogP contribution in [0.5, 0.6) is 0 Å². The Hall–Kier alpha value is -3.07. The fourth-order valence-corrected chi connectivity index (χ4v) is 2.27. The van der Waals surface area contributed by atoms with E-state index >= 15 is 0 Å². The third kappa shape index (κ3) is 3.15. The van der Waals surface area contributed by atoms with Crippen LogP contribution in [-0.4, -0.2) is 17.0 Å². The Labute approximate surface area is 128 Å². The molecule has 3 rings (SSSR count). The summed E-state index contributed by atoms with van der Waals surface area (Å²) in [5, 5.41) is 17.2. The molecule has 1 aliphatic rings. The molecule has 0 bridgehead atoms. The lowest BCUT2D eigenvalue weighted by molar-refractivity contribution is 0.640. The molecule has 1 aromatic carbocycles. The lowest BCUT2D eigenvalue weighted by atomic mass is 10.0. The zero-order valence-electron chi connectivity index (χ0n) is 11.8. The number of pyridine rings is 1. The Balaban J connectivity index is 1.66. The van der Waals surface area contributed by atoms with Crippen LogP contribution in [0.15, 0.2) is 57.8 Å². The third-order valence-corrected chi connectivity index (χ3v) is 3.29. The summed E-state index contributed by atoms with van der Waals surface area (Å²) in [6.45, 7) is 0. The summed E-state index contributed by atoms with van der Waals surface area (Å²) < 4.78 is 0. The third-order valence-electron chi connectivity index (χ3n) is 3.29. The van der Waals surface area contributed by atoms with E-state index in [9.17, 15) is 0 Å². The van der Waals surface area contributed by atoms with E-state index in [0.717, 1.165) is 17.7 Å². The highest BCUT2D eigenvalue weighted by Gasteiger charge is 2.16. The number of hydrogen-bond donors (Lipinski definition) is 1. The van der Waals surface area contributed by atoms with E-state index < -0.39 is 0 Å². The van der Waals surface area contributed by atoms with Gasteiger partial charge in [0.2, 0.25) is 0 Å². The fourth-order valence-electron chi connectivity index (χ4n) is 2.27. The molecule has 1 atom stereocenters. The summed E-state index contributed by atoms with van der Waals surface area (Å²) in [6, 6.07) is 13.1. The average Bonchev–Trinajstić information content (AvgIpc) is 3.02. The van der Waals surface area contributed by atoms with Gasteiger partial charge in [0.25, 0.3) is 0 Å². The summed E-state index contributed by atoms with van der Waals surface area (Å²) in [7, 11) is 0. The number of aryl methyl sites for hydroxylation is 1.